The number of urea groups is 1. The van der Waals surface area contributed by atoms with Gasteiger partial charge in [-0.1, -0.05) is 5.16 Å². The predicted octanol–water partition coefficient (Wildman–Crippen LogP) is 3.40. The highest BCUT2D eigenvalue weighted by Crippen LogP contribution is 2.32. The summed E-state index contributed by atoms with van der Waals surface area (Å²) in [6, 6.07) is 6.02. The Morgan fingerprint density at radius 1 is 1.52 bits per heavy atom. The largest absolute Gasteiger partial charge is 0.359 e. The second-order valence-corrected chi connectivity index (χ2v) is 6.77. The Labute approximate surface area is 127 Å². The van der Waals surface area contributed by atoms with E-state index >= 15 is 0 Å². The zero-order chi connectivity index (χ0) is 14.8. The van der Waals surface area contributed by atoms with Crippen LogP contribution in [0.2, 0.25) is 0 Å². The summed E-state index contributed by atoms with van der Waals surface area (Å²) in [5.41, 5.74) is 0.853. The van der Waals surface area contributed by atoms with Gasteiger partial charge in [0, 0.05) is 22.4 Å². The third kappa shape index (κ3) is 3.10. The highest BCUT2D eigenvalue weighted by Gasteiger charge is 2.32. The molecule has 0 unspecified atom stereocenters. The Kier molecular flexibility index (Phi) is 3.96. The topological polar surface area (TPSA) is 58.4 Å². The lowest BCUT2D eigenvalue weighted by molar-refractivity contribution is 0.182. The number of carbonyl (C=O) groups excluding carboxylic acids is 1. The van der Waals surface area contributed by atoms with Crippen LogP contribution in [0, 0.1) is 13.8 Å². The highest BCUT2D eigenvalue weighted by molar-refractivity contribution is 7.11. The van der Waals surface area contributed by atoms with Crippen molar-refractivity contribution in [1.29, 1.82) is 0 Å². The number of aryl methyl sites for hydroxylation is 2. The molecule has 1 atom stereocenters. The first-order valence-electron chi connectivity index (χ1n) is 7.16. The van der Waals surface area contributed by atoms with Gasteiger partial charge in [0.2, 0.25) is 0 Å². The first-order valence-corrected chi connectivity index (χ1v) is 7.98. The van der Waals surface area contributed by atoms with Crippen LogP contribution in [-0.4, -0.2) is 22.6 Å². The summed E-state index contributed by atoms with van der Waals surface area (Å²) >= 11 is 1.71. The monoisotopic (exact) mass is 305 g/mol. The number of likely N-dealkylation sites (tertiary alicyclic amines) is 1. The van der Waals surface area contributed by atoms with Crippen LogP contribution in [0.5, 0.6) is 0 Å². The smallest absolute Gasteiger partial charge is 0.318 e. The molecule has 3 heterocycles. The third-order valence-corrected chi connectivity index (χ3v) is 4.70. The molecule has 0 radical (unpaired) electrons. The van der Waals surface area contributed by atoms with E-state index in [0.717, 1.165) is 30.8 Å². The molecule has 1 aliphatic rings. The number of nitrogens with one attached hydrogen (secondary N) is 1. The molecule has 0 spiro atoms. The van der Waals surface area contributed by atoms with E-state index in [1.165, 1.54) is 9.75 Å². The van der Waals surface area contributed by atoms with Gasteiger partial charge in [0.05, 0.1) is 18.3 Å². The van der Waals surface area contributed by atoms with Crippen molar-refractivity contribution in [2.45, 2.75) is 39.3 Å². The summed E-state index contributed by atoms with van der Waals surface area (Å²) in [5, 5.41) is 6.92. The van der Waals surface area contributed by atoms with Gasteiger partial charge in [0.1, 0.15) is 0 Å². The maximum Gasteiger partial charge on any atom is 0.318 e. The molecule has 112 valence electrons. The molecule has 21 heavy (non-hydrogen) atoms. The van der Waals surface area contributed by atoms with Crippen LogP contribution >= 0.6 is 11.3 Å². The Morgan fingerprint density at radius 2 is 2.38 bits per heavy atom. The standard InChI is InChI=1S/C15H19N3O2S/c1-10-8-14(20-17-10)13-4-3-7-18(13)15(19)16-9-12-6-5-11(2)21-12/h5-6,8,13H,3-4,7,9H2,1-2H3,(H,16,19)/t13-/m0/s1. The van der Waals surface area contributed by atoms with E-state index < -0.39 is 0 Å². The first-order chi connectivity index (χ1) is 10.1. The van der Waals surface area contributed by atoms with Gasteiger partial charge >= 0.3 is 6.03 Å². The van der Waals surface area contributed by atoms with Gasteiger partial charge in [-0.05, 0) is 38.8 Å². The molecular weight excluding hydrogens is 286 g/mol. The summed E-state index contributed by atoms with van der Waals surface area (Å²) in [6.45, 7) is 5.31. The number of rotatable bonds is 3. The van der Waals surface area contributed by atoms with E-state index in [-0.39, 0.29) is 12.1 Å². The molecule has 2 aromatic heterocycles. The average Bonchev–Trinajstić information content (AvgIpc) is 3.16. The van der Waals surface area contributed by atoms with Crippen LogP contribution in [0.4, 0.5) is 4.79 Å². The van der Waals surface area contributed by atoms with Crippen molar-refractivity contribution in [2.24, 2.45) is 0 Å². The van der Waals surface area contributed by atoms with E-state index in [1.54, 1.807) is 11.3 Å². The van der Waals surface area contributed by atoms with Crippen LogP contribution in [0.3, 0.4) is 0 Å². The summed E-state index contributed by atoms with van der Waals surface area (Å²) < 4.78 is 5.33. The van der Waals surface area contributed by atoms with E-state index in [4.69, 9.17) is 4.52 Å². The van der Waals surface area contributed by atoms with E-state index in [1.807, 2.05) is 17.9 Å². The molecule has 2 aromatic rings. The molecule has 0 saturated carbocycles. The number of thiophene rings is 1. The Bertz CT molecular complexity index is 634. The first kappa shape index (κ1) is 14.1. The molecule has 0 aliphatic carbocycles. The lowest BCUT2D eigenvalue weighted by Crippen LogP contribution is -2.38. The zero-order valence-electron chi connectivity index (χ0n) is 12.3. The van der Waals surface area contributed by atoms with Gasteiger partial charge in [-0.3, -0.25) is 0 Å². The Balaban J connectivity index is 1.63. The highest BCUT2D eigenvalue weighted by atomic mass is 32.1. The molecular formula is C15H19N3O2S. The number of aromatic nitrogens is 1. The quantitative estimate of drug-likeness (QED) is 0.945. The summed E-state index contributed by atoms with van der Waals surface area (Å²) in [4.78, 5) is 16.7. The second-order valence-electron chi connectivity index (χ2n) is 5.39. The third-order valence-electron chi connectivity index (χ3n) is 3.70. The fourth-order valence-electron chi connectivity index (χ4n) is 2.69. The van der Waals surface area contributed by atoms with Gasteiger partial charge in [0.25, 0.3) is 0 Å². The number of carbonyl (C=O) groups is 1. The minimum Gasteiger partial charge on any atom is -0.359 e. The predicted molar refractivity (Wildman–Crippen MR) is 81.2 cm³/mol. The summed E-state index contributed by atoms with van der Waals surface area (Å²) in [7, 11) is 0. The number of amides is 2. The van der Waals surface area contributed by atoms with Gasteiger partial charge < -0.3 is 14.7 Å². The SMILES string of the molecule is Cc1cc([C@@H]2CCCN2C(=O)NCc2ccc(C)s2)on1. The van der Waals surface area contributed by atoms with Crippen LogP contribution < -0.4 is 5.32 Å². The van der Waals surface area contributed by atoms with E-state index in [0.29, 0.717) is 6.54 Å². The number of hydrogen-bond donors (Lipinski definition) is 1. The van der Waals surface area contributed by atoms with Gasteiger partial charge in [-0.15, -0.1) is 11.3 Å². The summed E-state index contributed by atoms with van der Waals surface area (Å²) in [5.74, 6) is 0.784. The lowest BCUT2D eigenvalue weighted by atomic mass is 10.1. The minimum absolute atomic E-state index is 0.0104. The summed E-state index contributed by atoms with van der Waals surface area (Å²) in [6.07, 6.45) is 1.93. The molecule has 1 N–H and O–H groups in total. The van der Waals surface area contributed by atoms with Crippen molar-refractivity contribution < 1.29 is 9.32 Å². The van der Waals surface area contributed by atoms with Gasteiger partial charge in [-0.2, -0.15) is 0 Å². The normalized spacial score (nSPS) is 18.2. The minimum atomic E-state index is -0.0300. The molecule has 1 saturated heterocycles. The molecule has 5 nitrogen and oxygen atoms in total. The molecule has 1 fully saturated rings. The van der Waals surface area contributed by atoms with Crippen molar-refractivity contribution >= 4 is 17.4 Å². The fourth-order valence-corrected chi connectivity index (χ4v) is 3.52. The van der Waals surface area contributed by atoms with Gasteiger partial charge in [-0.25, -0.2) is 4.79 Å². The van der Waals surface area contributed by atoms with Crippen molar-refractivity contribution in [1.82, 2.24) is 15.4 Å². The van der Waals surface area contributed by atoms with Crippen molar-refractivity contribution in [3.05, 3.63) is 39.4 Å². The second kappa shape index (κ2) is 5.89. The molecule has 2 amide bonds. The molecule has 0 aromatic carbocycles. The molecule has 0 bridgehead atoms. The zero-order valence-corrected chi connectivity index (χ0v) is 13.1. The van der Waals surface area contributed by atoms with Crippen molar-refractivity contribution in [2.75, 3.05) is 6.54 Å². The number of hydrogen-bond acceptors (Lipinski definition) is 4. The molecule has 3 rings (SSSR count). The molecule has 1 aliphatic heterocycles. The average molecular weight is 305 g/mol. The van der Waals surface area contributed by atoms with Crippen LogP contribution in [-0.2, 0) is 6.54 Å². The van der Waals surface area contributed by atoms with Crippen molar-refractivity contribution in [3.8, 4) is 0 Å². The maximum atomic E-state index is 12.4. The van der Waals surface area contributed by atoms with Gasteiger partial charge in [0.15, 0.2) is 5.76 Å². The van der Waals surface area contributed by atoms with Crippen LogP contribution in [0.1, 0.15) is 40.1 Å². The van der Waals surface area contributed by atoms with Crippen LogP contribution in [0.25, 0.3) is 0 Å². The van der Waals surface area contributed by atoms with E-state index in [2.05, 4.69) is 29.5 Å². The maximum absolute atomic E-state index is 12.4. The van der Waals surface area contributed by atoms with Crippen molar-refractivity contribution in [3.63, 3.8) is 0 Å². The Hall–Kier alpha value is -1.82. The fraction of sp³-hybridized carbons (Fsp3) is 0.467. The van der Waals surface area contributed by atoms with E-state index in [9.17, 15) is 4.79 Å². The van der Waals surface area contributed by atoms with Crippen LogP contribution in [0.15, 0.2) is 22.7 Å². The molecule has 6 heteroatoms. The Morgan fingerprint density at radius 3 is 3.05 bits per heavy atom. The number of nitrogens with zero attached hydrogens (tertiary/aromatic N) is 2. The lowest BCUT2D eigenvalue weighted by Gasteiger charge is -2.22.